The molecule has 2 aromatic rings. The van der Waals surface area contributed by atoms with E-state index in [1.54, 1.807) is 0 Å². The predicted octanol–water partition coefficient (Wildman–Crippen LogP) is 3.82. The summed E-state index contributed by atoms with van der Waals surface area (Å²) in [6, 6.07) is 5.77. The first-order valence-electron chi connectivity index (χ1n) is 5.81. The quantitative estimate of drug-likeness (QED) is 0.557. The first-order chi connectivity index (χ1) is 9.27. The summed E-state index contributed by atoms with van der Waals surface area (Å²) in [7, 11) is 0. The van der Waals surface area contributed by atoms with E-state index in [1.165, 1.54) is 0 Å². The monoisotopic (exact) mass is 444 g/mol. The average molecular weight is 446 g/mol. The zero-order valence-electron chi connectivity index (χ0n) is 10.5. The van der Waals surface area contributed by atoms with E-state index < -0.39 is 3.79 Å². The number of fused-ring (bicyclic) bond motifs is 1. The van der Waals surface area contributed by atoms with Gasteiger partial charge in [0.05, 0.1) is 5.52 Å². The van der Waals surface area contributed by atoms with E-state index in [1.807, 2.05) is 25.1 Å². The third-order valence-corrected chi connectivity index (χ3v) is 3.68. The number of rotatable bonds is 3. The number of nitrogens with two attached hydrogens (primary N) is 1. The summed E-state index contributed by atoms with van der Waals surface area (Å²) in [6.07, 6.45) is 0. The minimum absolute atomic E-state index is 0.0148. The first-order valence-corrected chi connectivity index (χ1v) is 8.02. The summed E-state index contributed by atoms with van der Waals surface area (Å²) in [5.41, 5.74) is 6.47. The molecule has 1 atom stereocenters. The van der Waals surface area contributed by atoms with E-state index in [4.69, 9.17) is 40.5 Å². The number of halogens is 4. The second-order valence-electron chi connectivity index (χ2n) is 4.41. The Bertz CT molecular complexity index is 628. The molecular weight excluding hydrogens is 433 g/mol. The van der Waals surface area contributed by atoms with Gasteiger partial charge in [-0.25, -0.2) is 9.97 Å². The number of aromatic nitrogens is 2. The summed E-state index contributed by atoms with van der Waals surface area (Å²) < 4.78 is -0.591. The van der Waals surface area contributed by atoms with Gasteiger partial charge in [0.1, 0.15) is 5.82 Å². The van der Waals surface area contributed by atoms with Crippen molar-refractivity contribution in [1.29, 1.82) is 0 Å². The van der Waals surface area contributed by atoms with Crippen LogP contribution in [0, 0.1) is 3.57 Å². The van der Waals surface area contributed by atoms with Crippen LogP contribution in [0.2, 0.25) is 0 Å². The van der Waals surface area contributed by atoms with E-state index in [0.29, 0.717) is 17.9 Å². The topological polar surface area (TPSA) is 63.8 Å². The van der Waals surface area contributed by atoms with Crippen LogP contribution in [0.25, 0.3) is 10.9 Å². The largest absolute Gasteiger partial charge is 0.368 e. The lowest BCUT2D eigenvalue weighted by molar-refractivity contribution is 0.776. The van der Waals surface area contributed by atoms with Gasteiger partial charge >= 0.3 is 0 Å². The van der Waals surface area contributed by atoms with E-state index in [2.05, 4.69) is 37.9 Å². The summed E-state index contributed by atoms with van der Waals surface area (Å²) in [4.78, 5) is 8.60. The fourth-order valence-electron chi connectivity index (χ4n) is 1.62. The van der Waals surface area contributed by atoms with Crippen molar-refractivity contribution in [1.82, 2.24) is 9.97 Å². The number of hydrogen-bond donors (Lipinski definition) is 2. The Labute approximate surface area is 145 Å². The van der Waals surface area contributed by atoms with Crippen molar-refractivity contribution in [2.45, 2.75) is 16.8 Å². The van der Waals surface area contributed by atoms with Gasteiger partial charge in [-0.1, -0.05) is 34.8 Å². The van der Waals surface area contributed by atoms with Crippen LogP contribution >= 0.6 is 57.4 Å². The molecule has 0 aliphatic carbocycles. The summed E-state index contributed by atoms with van der Waals surface area (Å²) >= 11 is 19.9. The number of nitrogens with one attached hydrogen (secondary N) is 1. The number of nitrogens with zero attached hydrogens (tertiary/aromatic N) is 2. The maximum absolute atomic E-state index is 5.88. The molecule has 0 aliphatic heterocycles. The van der Waals surface area contributed by atoms with Crippen molar-refractivity contribution in [3.8, 4) is 0 Å². The lowest BCUT2D eigenvalue weighted by atomic mass is 10.2. The van der Waals surface area contributed by atoms with Crippen molar-refractivity contribution in [3.05, 3.63) is 27.6 Å². The Morgan fingerprint density at radius 3 is 2.65 bits per heavy atom. The number of benzene rings is 1. The predicted molar refractivity (Wildman–Crippen MR) is 93.6 cm³/mol. The number of alkyl halides is 3. The summed E-state index contributed by atoms with van der Waals surface area (Å²) in [5, 5.41) is 4.04. The van der Waals surface area contributed by atoms with Gasteiger partial charge in [0.25, 0.3) is 0 Å². The summed E-state index contributed by atoms with van der Waals surface area (Å²) in [6.45, 7) is 2.47. The van der Waals surface area contributed by atoms with Crippen LogP contribution in [0.4, 0.5) is 5.82 Å². The maximum Gasteiger partial charge on any atom is 0.250 e. The molecule has 0 aliphatic rings. The molecule has 0 spiro atoms. The number of anilines is 1. The normalized spacial score (nSPS) is 13.5. The van der Waals surface area contributed by atoms with Crippen molar-refractivity contribution in [2.24, 2.45) is 5.73 Å². The Morgan fingerprint density at radius 1 is 1.35 bits per heavy atom. The Hall–Kier alpha value is -0.0800. The highest BCUT2D eigenvalue weighted by Gasteiger charge is 2.28. The van der Waals surface area contributed by atoms with Crippen LogP contribution in [-0.4, -0.2) is 22.6 Å². The molecule has 20 heavy (non-hydrogen) atoms. The third kappa shape index (κ3) is 3.98. The molecule has 1 heterocycles. The SMILES string of the molecule is CC(N)CNc1nc(C(Cl)(Cl)Cl)nc2ccc(I)cc12. The molecule has 3 N–H and O–H groups in total. The van der Waals surface area contributed by atoms with E-state index >= 15 is 0 Å². The van der Waals surface area contributed by atoms with E-state index in [-0.39, 0.29) is 11.9 Å². The lowest BCUT2D eigenvalue weighted by Crippen LogP contribution is -2.26. The first kappa shape index (κ1) is 16.3. The molecule has 4 nitrogen and oxygen atoms in total. The van der Waals surface area contributed by atoms with Crippen LogP contribution in [-0.2, 0) is 3.79 Å². The highest BCUT2D eigenvalue weighted by molar-refractivity contribution is 14.1. The fourth-order valence-corrected chi connectivity index (χ4v) is 2.36. The minimum Gasteiger partial charge on any atom is -0.368 e. The van der Waals surface area contributed by atoms with Gasteiger partial charge in [-0.05, 0) is 47.7 Å². The second-order valence-corrected chi connectivity index (χ2v) is 7.94. The highest BCUT2D eigenvalue weighted by atomic mass is 127. The molecule has 0 fully saturated rings. The minimum atomic E-state index is -1.66. The van der Waals surface area contributed by atoms with E-state index in [9.17, 15) is 0 Å². The molecule has 8 heteroatoms. The molecule has 108 valence electrons. The van der Waals surface area contributed by atoms with Crippen molar-refractivity contribution in [3.63, 3.8) is 0 Å². The van der Waals surface area contributed by atoms with Crippen LogP contribution in [0.5, 0.6) is 0 Å². The number of hydrogen-bond acceptors (Lipinski definition) is 4. The second kappa shape index (κ2) is 6.36. The Kier molecular flexibility index (Phi) is 5.18. The van der Waals surface area contributed by atoms with Gasteiger partial charge in [-0.15, -0.1) is 0 Å². The zero-order valence-corrected chi connectivity index (χ0v) is 14.9. The standard InChI is InChI=1S/C12H12Cl3IN4/c1-6(17)5-18-10-8-4-7(16)2-3-9(8)19-11(20-10)12(13,14)15/h2-4,6H,5,17H2,1H3,(H,18,19,20). The molecule has 0 saturated carbocycles. The molecule has 2 rings (SSSR count). The maximum atomic E-state index is 5.88. The highest BCUT2D eigenvalue weighted by Crippen LogP contribution is 2.37. The van der Waals surface area contributed by atoms with Crippen LogP contribution in [0.15, 0.2) is 18.2 Å². The molecule has 0 radical (unpaired) electrons. The van der Waals surface area contributed by atoms with Crippen molar-refractivity contribution >= 4 is 74.1 Å². The van der Waals surface area contributed by atoms with Gasteiger partial charge in [-0.3, -0.25) is 0 Å². The fraction of sp³-hybridized carbons (Fsp3) is 0.333. The third-order valence-electron chi connectivity index (χ3n) is 2.50. The Morgan fingerprint density at radius 2 is 2.05 bits per heavy atom. The molecule has 1 aromatic carbocycles. The Balaban J connectivity index is 2.57. The van der Waals surface area contributed by atoms with Crippen molar-refractivity contribution < 1.29 is 0 Å². The van der Waals surface area contributed by atoms with Crippen LogP contribution in [0.1, 0.15) is 12.7 Å². The molecule has 1 unspecified atom stereocenters. The molecule has 0 saturated heterocycles. The molecule has 0 amide bonds. The lowest BCUT2D eigenvalue weighted by Gasteiger charge is -2.15. The van der Waals surface area contributed by atoms with Gasteiger partial charge in [0, 0.05) is 21.5 Å². The van der Waals surface area contributed by atoms with E-state index in [0.717, 1.165) is 8.96 Å². The van der Waals surface area contributed by atoms with Gasteiger partial charge < -0.3 is 11.1 Å². The molecule has 1 aromatic heterocycles. The van der Waals surface area contributed by atoms with Crippen molar-refractivity contribution in [2.75, 3.05) is 11.9 Å². The van der Waals surface area contributed by atoms with Crippen LogP contribution in [0.3, 0.4) is 0 Å². The smallest absolute Gasteiger partial charge is 0.250 e. The van der Waals surface area contributed by atoms with Crippen LogP contribution < -0.4 is 11.1 Å². The average Bonchev–Trinajstić information content (AvgIpc) is 2.34. The molecular formula is C12H12Cl3IN4. The zero-order chi connectivity index (χ0) is 14.9. The van der Waals surface area contributed by atoms with Gasteiger partial charge in [-0.2, -0.15) is 0 Å². The molecule has 0 bridgehead atoms. The summed E-state index contributed by atoms with van der Waals surface area (Å²) in [5.74, 6) is 0.760. The van der Waals surface area contributed by atoms with Gasteiger partial charge in [0.2, 0.25) is 3.79 Å². The van der Waals surface area contributed by atoms with Gasteiger partial charge in [0.15, 0.2) is 5.82 Å².